The molecule has 0 radical (unpaired) electrons. The zero-order chi connectivity index (χ0) is 20.3. The molecule has 0 unspecified atom stereocenters. The van der Waals surface area contributed by atoms with Crippen LogP contribution >= 0.6 is 11.6 Å². The Morgan fingerprint density at radius 1 is 0.929 bits per heavy atom. The van der Waals surface area contributed by atoms with Gasteiger partial charge in [0.25, 0.3) is 0 Å². The molecule has 3 nitrogen and oxygen atoms in total. The molecule has 0 aromatic heterocycles. The molecule has 144 valence electrons. The Labute approximate surface area is 171 Å². The molecule has 0 aliphatic heterocycles. The van der Waals surface area contributed by atoms with Crippen LogP contribution in [0.4, 0.5) is 5.69 Å². The third kappa shape index (κ3) is 4.73. The molecule has 0 amide bonds. The molecule has 0 saturated heterocycles. The van der Waals surface area contributed by atoms with Gasteiger partial charge in [0.15, 0.2) is 5.75 Å². The Bertz CT molecular complexity index is 1010. The van der Waals surface area contributed by atoms with Crippen LogP contribution in [0.25, 0.3) is 0 Å². The summed E-state index contributed by atoms with van der Waals surface area (Å²) in [7, 11) is 0. The van der Waals surface area contributed by atoms with Gasteiger partial charge >= 0.3 is 0 Å². The molecule has 2 N–H and O–H groups in total. The number of nitrogens with zero attached hydrogens (tertiary/aromatic N) is 1. The Hall–Kier alpha value is -2.78. The molecule has 3 rings (SSSR count). The lowest BCUT2D eigenvalue weighted by Gasteiger charge is -2.20. The first-order chi connectivity index (χ1) is 13.2. The Balaban J connectivity index is 1.92. The van der Waals surface area contributed by atoms with Crippen molar-refractivity contribution < 1.29 is 10.2 Å². The van der Waals surface area contributed by atoms with Gasteiger partial charge in [0, 0.05) is 11.8 Å². The van der Waals surface area contributed by atoms with Gasteiger partial charge in [-0.25, -0.2) is 0 Å². The predicted octanol–water partition coefficient (Wildman–Crippen LogP) is 6.39. The first-order valence-electron chi connectivity index (χ1n) is 9.17. The summed E-state index contributed by atoms with van der Waals surface area (Å²) >= 11 is 6.18. The summed E-state index contributed by atoms with van der Waals surface area (Å²) in [5.74, 6) is 0.0731. The van der Waals surface area contributed by atoms with E-state index in [0.29, 0.717) is 11.3 Å². The summed E-state index contributed by atoms with van der Waals surface area (Å²) in [4.78, 5) is 4.40. The average molecular weight is 394 g/mol. The first kappa shape index (κ1) is 20.0. The molecule has 3 aromatic rings. The van der Waals surface area contributed by atoms with E-state index in [1.54, 1.807) is 18.3 Å². The van der Waals surface area contributed by atoms with Crippen molar-refractivity contribution in [2.24, 2.45) is 4.99 Å². The largest absolute Gasteiger partial charge is 0.507 e. The van der Waals surface area contributed by atoms with Crippen molar-refractivity contribution in [1.82, 2.24) is 0 Å². The monoisotopic (exact) mass is 393 g/mol. The number of aliphatic imine (C=N–C) groups is 1. The van der Waals surface area contributed by atoms with Crippen LogP contribution in [-0.4, -0.2) is 16.4 Å². The standard InChI is InChI=1S/C24H24ClNO2/c1-24(2,3)19-13-20(25)23(28)21(14-19)26-15-18-12-17(9-10-22(18)27)11-16-7-5-4-6-8-16/h4-10,12-15,27-28H,11H2,1-3H3. The third-order valence-electron chi connectivity index (χ3n) is 4.60. The number of halogens is 1. The molecule has 0 fully saturated rings. The summed E-state index contributed by atoms with van der Waals surface area (Å²) < 4.78 is 0. The van der Waals surface area contributed by atoms with E-state index >= 15 is 0 Å². The van der Waals surface area contributed by atoms with Gasteiger partial charge in [-0.1, -0.05) is 68.8 Å². The van der Waals surface area contributed by atoms with Crippen LogP contribution in [0.2, 0.25) is 5.02 Å². The molecular weight excluding hydrogens is 370 g/mol. The molecule has 0 aliphatic rings. The summed E-state index contributed by atoms with van der Waals surface area (Å²) in [6, 6.07) is 19.2. The van der Waals surface area contributed by atoms with Crippen LogP contribution in [-0.2, 0) is 11.8 Å². The second kappa shape index (κ2) is 8.07. The van der Waals surface area contributed by atoms with E-state index in [2.05, 4.69) is 37.9 Å². The highest BCUT2D eigenvalue weighted by molar-refractivity contribution is 6.32. The number of hydrogen-bond donors (Lipinski definition) is 2. The molecule has 3 aromatic carbocycles. The average Bonchev–Trinajstić information content (AvgIpc) is 2.65. The molecule has 0 heterocycles. The SMILES string of the molecule is CC(C)(C)c1cc(Cl)c(O)c(N=Cc2cc(Cc3ccccc3)ccc2O)c1. The molecule has 0 saturated carbocycles. The number of rotatable bonds is 4. The van der Waals surface area contributed by atoms with E-state index in [9.17, 15) is 10.2 Å². The number of benzene rings is 3. The van der Waals surface area contributed by atoms with Gasteiger partial charge in [0.05, 0.1) is 5.02 Å². The highest BCUT2D eigenvalue weighted by Crippen LogP contribution is 2.39. The molecule has 4 heteroatoms. The first-order valence-corrected chi connectivity index (χ1v) is 9.55. The minimum Gasteiger partial charge on any atom is -0.507 e. The summed E-state index contributed by atoms with van der Waals surface area (Å²) in [5, 5.41) is 20.7. The summed E-state index contributed by atoms with van der Waals surface area (Å²) in [6.07, 6.45) is 2.32. The van der Waals surface area contributed by atoms with Crippen molar-refractivity contribution >= 4 is 23.5 Å². The fourth-order valence-electron chi connectivity index (χ4n) is 2.90. The number of aromatic hydroxyl groups is 2. The normalized spacial score (nSPS) is 11.9. The van der Waals surface area contributed by atoms with E-state index < -0.39 is 0 Å². The van der Waals surface area contributed by atoms with Crippen LogP contribution in [0.3, 0.4) is 0 Å². The van der Waals surface area contributed by atoms with Crippen molar-refractivity contribution in [1.29, 1.82) is 0 Å². The van der Waals surface area contributed by atoms with E-state index in [1.165, 1.54) is 5.56 Å². The van der Waals surface area contributed by atoms with Crippen molar-refractivity contribution in [3.63, 3.8) is 0 Å². The van der Waals surface area contributed by atoms with Gasteiger partial charge in [0.2, 0.25) is 0 Å². The quantitative estimate of drug-likeness (QED) is 0.504. The predicted molar refractivity (Wildman–Crippen MR) is 116 cm³/mol. The molecule has 0 bridgehead atoms. The number of phenolic OH excluding ortho intramolecular Hbond substituents is 2. The third-order valence-corrected chi connectivity index (χ3v) is 4.88. The number of phenols is 2. The minimum atomic E-state index is -0.126. The van der Waals surface area contributed by atoms with Crippen LogP contribution in [0, 0.1) is 0 Å². The number of hydrogen-bond acceptors (Lipinski definition) is 3. The highest BCUT2D eigenvalue weighted by atomic mass is 35.5. The van der Waals surface area contributed by atoms with Gasteiger partial charge < -0.3 is 10.2 Å². The van der Waals surface area contributed by atoms with Crippen LogP contribution < -0.4 is 0 Å². The lowest BCUT2D eigenvalue weighted by molar-refractivity contribution is 0.473. The zero-order valence-corrected chi connectivity index (χ0v) is 17.0. The lowest BCUT2D eigenvalue weighted by Crippen LogP contribution is -2.10. The van der Waals surface area contributed by atoms with Gasteiger partial charge in [-0.3, -0.25) is 4.99 Å². The van der Waals surface area contributed by atoms with Crippen LogP contribution in [0.15, 0.2) is 65.7 Å². The fourth-order valence-corrected chi connectivity index (χ4v) is 3.12. The van der Waals surface area contributed by atoms with E-state index in [4.69, 9.17) is 11.6 Å². The van der Waals surface area contributed by atoms with E-state index in [0.717, 1.165) is 17.5 Å². The smallest absolute Gasteiger partial charge is 0.159 e. The molecule has 0 atom stereocenters. The maximum absolute atomic E-state index is 10.3. The van der Waals surface area contributed by atoms with Crippen molar-refractivity contribution in [3.05, 3.63) is 87.9 Å². The lowest BCUT2D eigenvalue weighted by atomic mass is 9.87. The summed E-state index contributed by atoms with van der Waals surface area (Å²) in [6.45, 7) is 6.21. The highest BCUT2D eigenvalue weighted by Gasteiger charge is 2.18. The van der Waals surface area contributed by atoms with Crippen molar-refractivity contribution in [2.75, 3.05) is 0 Å². The van der Waals surface area contributed by atoms with Crippen molar-refractivity contribution in [3.8, 4) is 11.5 Å². The maximum Gasteiger partial charge on any atom is 0.159 e. The molecular formula is C24H24ClNO2. The van der Waals surface area contributed by atoms with Crippen LogP contribution in [0.1, 0.15) is 43.0 Å². The van der Waals surface area contributed by atoms with Gasteiger partial charge in [-0.05, 0) is 52.8 Å². The van der Waals surface area contributed by atoms with Gasteiger partial charge in [-0.15, -0.1) is 0 Å². The Kier molecular flexibility index (Phi) is 5.76. The minimum absolute atomic E-state index is 0.0640. The van der Waals surface area contributed by atoms with E-state index in [-0.39, 0.29) is 21.9 Å². The molecule has 0 aliphatic carbocycles. The Morgan fingerprint density at radius 2 is 1.64 bits per heavy atom. The Morgan fingerprint density at radius 3 is 2.32 bits per heavy atom. The topological polar surface area (TPSA) is 52.8 Å². The maximum atomic E-state index is 10.3. The second-order valence-electron chi connectivity index (χ2n) is 7.89. The summed E-state index contributed by atoms with van der Waals surface area (Å²) in [5.41, 5.74) is 4.08. The van der Waals surface area contributed by atoms with Gasteiger partial charge in [0.1, 0.15) is 11.4 Å². The zero-order valence-electron chi connectivity index (χ0n) is 16.3. The fraction of sp³-hybridized carbons (Fsp3) is 0.208. The van der Waals surface area contributed by atoms with Crippen molar-refractivity contribution in [2.45, 2.75) is 32.6 Å². The molecule has 28 heavy (non-hydrogen) atoms. The van der Waals surface area contributed by atoms with E-state index in [1.807, 2.05) is 36.4 Å². The van der Waals surface area contributed by atoms with Crippen LogP contribution in [0.5, 0.6) is 11.5 Å². The second-order valence-corrected chi connectivity index (χ2v) is 8.30. The molecule has 0 spiro atoms. The van der Waals surface area contributed by atoms with Gasteiger partial charge in [-0.2, -0.15) is 0 Å².